The lowest BCUT2D eigenvalue weighted by atomic mass is 9.95. The highest BCUT2D eigenvalue weighted by atomic mass is 35.5. The van der Waals surface area contributed by atoms with Gasteiger partial charge in [0, 0.05) is 11.1 Å². The van der Waals surface area contributed by atoms with Gasteiger partial charge in [0.05, 0.1) is 18.2 Å². The topological polar surface area (TPSA) is 49.4 Å². The highest BCUT2D eigenvalue weighted by Gasteiger charge is 2.40. The van der Waals surface area contributed by atoms with E-state index in [1.165, 1.54) is 24.2 Å². The van der Waals surface area contributed by atoms with Crippen molar-refractivity contribution < 1.29 is 9.59 Å². The van der Waals surface area contributed by atoms with E-state index in [-0.39, 0.29) is 24.3 Å². The van der Waals surface area contributed by atoms with Crippen LogP contribution in [0.5, 0.6) is 0 Å². The number of imide groups is 1. The highest BCUT2D eigenvalue weighted by Crippen LogP contribution is 2.26. The maximum atomic E-state index is 12.5. The van der Waals surface area contributed by atoms with Crippen molar-refractivity contribution >= 4 is 29.1 Å². The van der Waals surface area contributed by atoms with Gasteiger partial charge in [-0.3, -0.25) is 9.59 Å². The molecule has 2 aliphatic rings. The zero-order chi connectivity index (χ0) is 14.8. The number of carbonyl (C=O) groups excluding carboxylic acids is 2. The first-order valence-electron chi connectivity index (χ1n) is 7.53. The summed E-state index contributed by atoms with van der Waals surface area (Å²) < 4.78 is 0. The quantitative estimate of drug-likeness (QED) is 0.874. The molecule has 1 unspecified atom stereocenters. The molecule has 0 bridgehead atoms. The lowest BCUT2D eigenvalue weighted by Gasteiger charge is -2.25. The Morgan fingerprint density at radius 1 is 1.05 bits per heavy atom. The molecule has 21 heavy (non-hydrogen) atoms. The Labute approximate surface area is 129 Å². The number of nitrogens with one attached hydrogen (secondary N) is 1. The summed E-state index contributed by atoms with van der Waals surface area (Å²) in [6.45, 7) is 0. The second-order valence-corrected chi connectivity index (χ2v) is 6.24. The number of halogens is 1. The Morgan fingerprint density at radius 2 is 1.71 bits per heavy atom. The predicted molar refractivity (Wildman–Crippen MR) is 82.4 cm³/mol. The van der Waals surface area contributed by atoms with Gasteiger partial charge in [-0.1, -0.05) is 30.9 Å². The maximum absolute atomic E-state index is 12.5. The molecule has 1 aromatic rings. The molecule has 1 N–H and O–H groups in total. The lowest BCUT2D eigenvalue weighted by Crippen LogP contribution is -2.44. The summed E-state index contributed by atoms with van der Waals surface area (Å²) in [5.41, 5.74) is 0.599. The van der Waals surface area contributed by atoms with E-state index >= 15 is 0 Å². The van der Waals surface area contributed by atoms with Gasteiger partial charge in [0.25, 0.3) is 5.91 Å². The van der Waals surface area contributed by atoms with Crippen LogP contribution in [0.25, 0.3) is 0 Å². The molecule has 1 saturated carbocycles. The minimum Gasteiger partial charge on any atom is -0.303 e. The van der Waals surface area contributed by atoms with E-state index in [4.69, 9.17) is 11.6 Å². The summed E-state index contributed by atoms with van der Waals surface area (Å²) >= 11 is 5.85. The van der Waals surface area contributed by atoms with Gasteiger partial charge in [0.15, 0.2) is 0 Å². The fourth-order valence-electron chi connectivity index (χ4n) is 3.18. The monoisotopic (exact) mass is 306 g/mol. The number of rotatable bonds is 3. The molecule has 1 heterocycles. The number of hydrogen-bond acceptors (Lipinski definition) is 3. The molecular formula is C16H19ClN2O2. The normalized spacial score (nSPS) is 23.9. The molecule has 5 heteroatoms. The van der Waals surface area contributed by atoms with E-state index < -0.39 is 0 Å². The van der Waals surface area contributed by atoms with Crippen LogP contribution in [-0.4, -0.2) is 23.9 Å². The van der Waals surface area contributed by atoms with Gasteiger partial charge in [0.2, 0.25) is 5.91 Å². The summed E-state index contributed by atoms with van der Waals surface area (Å²) in [6.07, 6.45) is 6.11. The van der Waals surface area contributed by atoms with Crippen LogP contribution in [0, 0.1) is 0 Å². The molecule has 4 nitrogen and oxygen atoms in total. The van der Waals surface area contributed by atoms with Crippen molar-refractivity contribution in [3.05, 3.63) is 29.3 Å². The largest absolute Gasteiger partial charge is 0.303 e. The molecule has 3 rings (SSSR count). The van der Waals surface area contributed by atoms with Crippen molar-refractivity contribution in [1.82, 2.24) is 5.32 Å². The Balaban J connectivity index is 1.71. The molecule has 0 aromatic heterocycles. The summed E-state index contributed by atoms with van der Waals surface area (Å²) in [7, 11) is 0. The molecule has 1 atom stereocenters. The fraction of sp³-hybridized carbons (Fsp3) is 0.500. The van der Waals surface area contributed by atoms with Crippen LogP contribution < -0.4 is 10.2 Å². The average molecular weight is 307 g/mol. The van der Waals surface area contributed by atoms with Gasteiger partial charge in [0.1, 0.15) is 0 Å². The van der Waals surface area contributed by atoms with E-state index in [0.717, 1.165) is 12.8 Å². The average Bonchev–Trinajstić information content (AvgIpc) is 2.76. The molecule has 0 spiro atoms. The SMILES string of the molecule is O=C1CC(NC2CCCCC2)C(=O)N1c1ccc(Cl)cc1. The fourth-order valence-corrected chi connectivity index (χ4v) is 3.30. The summed E-state index contributed by atoms with van der Waals surface area (Å²) in [5, 5.41) is 3.96. The Kier molecular flexibility index (Phi) is 4.27. The molecular weight excluding hydrogens is 288 g/mol. The summed E-state index contributed by atoms with van der Waals surface area (Å²) in [6, 6.07) is 6.79. The number of nitrogens with zero attached hydrogens (tertiary/aromatic N) is 1. The van der Waals surface area contributed by atoms with Crippen LogP contribution in [0.3, 0.4) is 0 Å². The third-order valence-corrected chi connectivity index (χ3v) is 4.53. The van der Waals surface area contributed by atoms with Gasteiger partial charge in [-0.25, -0.2) is 4.90 Å². The molecule has 0 radical (unpaired) electrons. The number of benzene rings is 1. The smallest absolute Gasteiger partial charge is 0.251 e. The van der Waals surface area contributed by atoms with Gasteiger partial charge >= 0.3 is 0 Å². The van der Waals surface area contributed by atoms with Gasteiger partial charge in [-0.15, -0.1) is 0 Å². The first-order chi connectivity index (χ1) is 10.1. The molecule has 2 amide bonds. The van der Waals surface area contributed by atoms with Gasteiger partial charge in [-0.2, -0.15) is 0 Å². The van der Waals surface area contributed by atoms with Crippen molar-refractivity contribution in [2.45, 2.75) is 50.6 Å². The second-order valence-electron chi connectivity index (χ2n) is 5.80. The molecule has 1 aromatic carbocycles. The van der Waals surface area contributed by atoms with E-state index in [2.05, 4.69) is 5.32 Å². The standard InChI is InChI=1S/C16H19ClN2O2/c17-11-6-8-13(9-7-11)19-15(20)10-14(16(19)21)18-12-4-2-1-3-5-12/h6-9,12,14,18H,1-5,10H2. The van der Waals surface area contributed by atoms with Crippen molar-refractivity contribution in [3.63, 3.8) is 0 Å². The number of hydrogen-bond donors (Lipinski definition) is 1. The Morgan fingerprint density at radius 3 is 2.38 bits per heavy atom. The maximum Gasteiger partial charge on any atom is 0.251 e. The predicted octanol–water partition coefficient (Wildman–Crippen LogP) is 2.89. The first-order valence-corrected chi connectivity index (χ1v) is 7.91. The second kappa shape index (κ2) is 6.16. The highest BCUT2D eigenvalue weighted by molar-refractivity contribution is 6.30. The molecule has 2 fully saturated rings. The first kappa shape index (κ1) is 14.5. The van der Waals surface area contributed by atoms with Gasteiger partial charge < -0.3 is 5.32 Å². The van der Waals surface area contributed by atoms with Crippen LogP contribution in [0.2, 0.25) is 5.02 Å². The van der Waals surface area contributed by atoms with Crippen LogP contribution in [-0.2, 0) is 9.59 Å². The zero-order valence-corrected chi connectivity index (χ0v) is 12.6. The van der Waals surface area contributed by atoms with E-state index in [1.807, 2.05) is 0 Å². The van der Waals surface area contributed by atoms with Crippen LogP contribution in [0.4, 0.5) is 5.69 Å². The van der Waals surface area contributed by atoms with Crippen molar-refractivity contribution in [2.24, 2.45) is 0 Å². The summed E-state index contributed by atoms with van der Waals surface area (Å²) in [5.74, 6) is -0.288. The van der Waals surface area contributed by atoms with Crippen molar-refractivity contribution in [3.8, 4) is 0 Å². The van der Waals surface area contributed by atoms with Crippen LogP contribution >= 0.6 is 11.6 Å². The molecule has 1 saturated heterocycles. The van der Waals surface area contributed by atoms with E-state index in [1.54, 1.807) is 24.3 Å². The summed E-state index contributed by atoms with van der Waals surface area (Å²) in [4.78, 5) is 25.9. The van der Waals surface area contributed by atoms with Crippen molar-refractivity contribution in [2.75, 3.05) is 4.90 Å². The number of anilines is 1. The zero-order valence-electron chi connectivity index (χ0n) is 11.8. The van der Waals surface area contributed by atoms with Gasteiger partial charge in [-0.05, 0) is 37.1 Å². The minimum absolute atomic E-state index is 0.143. The van der Waals surface area contributed by atoms with Crippen LogP contribution in [0.15, 0.2) is 24.3 Å². The van der Waals surface area contributed by atoms with E-state index in [9.17, 15) is 9.59 Å². The third-order valence-electron chi connectivity index (χ3n) is 4.27. The third kappa shape index (κ3) is 3.11. The Hall–Kier alpha value is -1.39. The number of carbonyl (C=O) groups is 2. The van der Waals surface area contributed by atoms with Crippen molar-refractivity contribution in [1.29, 1.82) is 0 Å². The molecule has 1 aliphatic heterocycles. The number of amides is 2. The van der Waals surface area contributed by atoms with E-state index in [0.29, 0.717) is 16.8 Å². The Bertz CT molecular complexity index is 538. The molecule has 112 valence electrons. The lowest BCUT2D eigenvalue weighted by molar-refractivity contribution is -0.121. The van der Waals surface area contributed by atoms with Crippen LogP contribution in [0.1, 0.15) is 38.5 Å². The molecule has 1 aliphatic carbocycles. The minimum atomic E-state index is -0.378.